The molecular formula is C15H22N2O2. The lowest BCUT2D eigenvalue weighted by Crippen LogP contribution is -2.34. The Morgan fingerprint density at radius 3 is 2.79 bits per heavy atom. The van der Waals surface area contributed by atoms with Gasteiger partial charge < -0.3 is 15.4 Å². The van der Waals surface area contributed by atoms with Gasteiger partial charge in [-0.1, -0.05) is 17.7 Å². The number of aryl methyl sites for hydroxylation is 2. The van der Waals surface area contributed by atoms with Crippen molar-refractivity contribution in [1.29, 1.82) is 0 Å². The minimum Gasteiger partial charge on any atom is -0.368 e. The average Bonchev–Trinajstić information content (AvgIpc) is 2.41. The highest BCUT2D eigenvalue weighted by Crippen LogP contribution is 2.16. The Kier molecular flexibility index (Phi) is 4.93. The Labute approximate surface area is 114 Å². The van der Waals surface area contributed by atoms with Gasteiger partial charge in [-0.3, -0.25) is 4.79 Å². The van der Waals surface area contributed by atoms with Crippen molar-refractivity contribution in [3.05, 3.63) is 29.3 Å². The zero-order valence-corrected chi connectivity index (χ0v) is 11.7. The number of rotatable bonds is 4. The first-order valence-corrected chi connectivity index (χ1v) is 6.84. The van der Waals surface area contributed by atoms with E-state index < -0.39 is 0 Å². The smallest absolute Gasteiger partial charge is 0.250 e. The van der Waals surface area contributed by atoms with Gasteiger partial charge in [-0.15, -0.1) is 0 Å². The fourth-order valence-corrected chi connectivity index (χ4v) is 2.30. The van der Waals surface area contributed by atoms with Crippen molar-refractivity contribution in [3.8, 4) is 0 Å². The summed E-state index contributed by atoms with van der Waals surface area (Å²) in [6.07, 6.45) is 2.18. The van der Waals surface area contributed by atoms with E-state index in [0.29, 0.717) is 0 Å². The van der Waals surface area contributed by atoms with Crippen molar-refractivity contribution in [2.75, 3.05) is 25.0 Å². The molecule has 1 heterocycles. The predicted octanol–water partition coefficient (Wildman–Crippen LogP) is 2.01. The van der Waals surface area contributed by atoms with E-state index in [2.05, 4.69) is 16.7 Å². The molecule has 2 N–H and O–H groups in total. The maximum absolute atomic E-state index is 11.8. The maximum Gasteiger partial charge on any atom is 0.250 e. The van der Waals surface area contributed by atoms with Crippen LogP contribution in [0.1, 0.15) is 24.0 Å². The van der Waals surface area contributed by atoms with Crippen molar-refractivity contribution >= 4 is 11.6 Å². The lowest BCUT2D eigenvalue weighted by Gasteiger charge is -2.22. The van der Waals surface area contributed by atoms with Crippen LogP contribution in [0.15, 0.2) is 18.2 Å². The van der Waals surface area contributed by atoms with Crippen molar-refractivity contribution in [3.63, 3.8) is 0 Å². The van der Waals surface area contributed by atoms with Gasteiger partial charge in [-0.2, -0.15) is 0 Å². The molecule has 1 aliphatic rings. The number of benzene rings is 1. The highest BCUT2D eigenvalue weighted by Gasteiger charge is 2.15. The Morgan fingerprint density at radius 2 is 2.11 bits per heavy atom. The van der Waals surface area contributed by atoms with Crippen LogP contribution >= 0.6 is 0 Å². The molecule has 1 aromatic rings. The number of carbonyl (C=O) groups is 1. The van der Waals surface area contributed by atoms with E-state index in [1.165, 1.54) is 5.56 Å². The molecule has 19 heavy (non-hydrogen) atoms. The summed E-state index contributed by atoms with van der Waals surface area (Å²) in [6.45, 7) is 6.12. The Morgan fingerprint density at radius 1 is 1.37 bits per heavy atom. The van der Waals surface area contributed by atoms with Crippen LogP contribution in [0, 0.1) is 13.8 Å². The van der Waals surface area contributed by atoms with E-state index in [9.17, 15) is 4.79 Å². The fourth-order valence-electron chi connectivity index (χ4n) is 2.30. The number of hydrogen-bond donors (Lipinski definition) is 2. The van der Waals surface area contributed by atoms with Crippen LogP contribution < -0.4 is 10.6 Å². The standard InChI is InChI=1S/C15H22N2O2/c1-11-3-4-14(12(2)9-11)17-15(18)10-19-13-5-7-16-8-6-13/h3-4,9,13,16H,5-8,10H2,1-2H3,(H,17,18). The molecule has 1 amide bonds. The second kappa shape index (κ2) is 6.68. The molecule has 0 saturated carbocycles. The summed E-state index contributed by atoms with van der Waals surface area (Å²) in [6, 6.07) is 5.99. The van der Waals surface area contributed by atoms with Crippen LogP contribution in [0.4, 0.5) is 5.69 Å². The topological polar surface area (TPSA) is 50.4 Å². The van der Waals surface area contributed by atoms with Gasteiger partial charge in [0.05, 0.1) is 6.10 Å². The van der Waals surface area contributed by atoms with E-state index >= 15 is 0 Å². The number of carbonyl (C=O) groups excluding carboxylic acids is 1. The highest BCUT2D eigenvalue weighted by molar-refractivity contribution is 5.92. The van der Waals surface area contributed by atoms with Gasteiger partial charge in [-0.25, -0.2) is 0 Å². The third kappa shape index (κ3) is 4.33. The second-order valence-corrected chi connectivity index (χ2v) is 5.13. The first-order chi connectivity index (χ1) is 9.15. The third-order valence-corrected chi connectivity index (χ3v) is 3.39. The normalized spacial score (nSPS) is 16.3. The van der Waals surface area contributed by atoms with Crippen molar-refractivity contribution in [2.45, 2.75) is 32.8 Å². The summed E-state index contributed by atoms with van der Waals surface area (Å²) in [5.41, 5.74) is 3.14. The number of ether oxygens (including phenoxy) is 1. The molecule has 0 bridgehead atoms. The van der Waals surface area contributed by atoms with Gasteiger partial charge in [0.2, 0.25) is 5.91 Å². The molecule has 1 saturated heterocycles. The van der Waals surface area contributed by atoms with Crippen molar-refractivity contribution < 1.29 is 9.53 Å². The van der Waals surface area contributed by atoms with Gasteiger partial charge in [0, 0.05) is 5.69 Å². The van der Waals surface area contributed by atoms with Gasteiger partial charge >= 0.3 is 0 Å². The molecule has 2 rings (SSSR count). The summed E-state index contributed by atoms with van der Waals surface area (Å²) in [5, 5.41) is 6.17. The molecule has 1 aliphatic heterocycles. The number of piperidine rings is 1. The lowest BCUT2D eigenvalue weighted by atomic mass is 10.1. The molecule has 4 heteroatoms. The number of amides is 1. The number of hydrogen-bond acceptors (Lipinski definition) is 3. The van der Waals surface area contributed by atoms with Crippen LogP contribution in [0.5, 0.6) is 0 Å². The molecule has 0 aliphatic carbocycles. The van der Waals surface area contributed by atoms with E-state index in [0.717, 1.165) is 37.2 Å². The molecule has 0 spiro atoms. The van der Waals surface area contributed by atoms with Crippen LogP contribution in [-0.2, 0) is 9.53 Å². The molecule has 4 nitrogen and oxygen atoms in total. The Balaban J connectivity index is 1.80. The molecule has 1 fully saturated rings. The lowest BCUT2D eigenvalue weighted by molar-refractivity contribution is -0.123. The summed E-state index contributed by atoms with van der Waals surface area (Å²) >= 11 is 0. The summed E-state index contributed by atoms with van der Waals surface area (Å²) in [4.78, 5) is 11.8. The van der Waals surface area contributed by atoms with E-state index in [-0.39, 0.29) is 18.6 Å². The number of nitrogens with one attached hydrogen (secondary N) is 2. The first kappa shape index (κ1) is 14.0. The quantitative estimate of drug-likeness (QED) is 0.872. The van der Waals surface area contributed by atoms with Crippen LogP contribution in [-0.4, -0.2) is 31.7 Å². The second-order valence-electron chi connectivity index (χ2n) is 5.13. The molecule has 1 aromatic carbocycles. The first-order valence-electron chi connectivity index (χ1n) is 6.84. The minimum absolute atomic E-state index is 0.0783. The fraction of sp³-hybridized carbons (Fsp3) is 0.533. The summed E-state index contributed by atoms with van der Waals surface area (Å²) < 4.78 is 5.63. The van der Waals surface area contributed by atoms with Crippen LogP contribution in [0.25, 0.3) is 0 Å². The zero-order valence-electron chi connectivity index (χ0n) is 11.7. The molecular weight excluding hydrogens is 240 g/mol. The van der Waals surface area contributed by atoms with Crippen LogP contribution in [0.3, 0.4) is 0 Å². The van der Waals surface area contributed by atoms with Crippen LogP contribution in [0.2, 0.25) is 0 Å². The van der Waals surface area contributed by atoms with Gasteiger partial charge in [0.1, 0.15) is 6.61 Å². The molecule has 0 aromatic heterocycles. The maximum atomic E-state index is 11.8. The van der Waals surface area contributed by atoms with Crippen molar-refractivity contribution in [1.82, 2.24) is 5.32 Å². The Bertz CT molecular complexity index is 440. The largest absolute Gasteiger partial charge is 0.368 e. The van der Waals surface area contributed by atoms with E-state index in [4.69, 9.17) is 4.74 Å². The zero-order chi connectivity index (χ0) is 13.7. The monoisotopic (exact) mass is 262 g/mol. The molecule has 0 unspecified atom stereocenters. The SMILES string of the molecule is Cc1ccc(NC(=O)COC2CCNCC2)c(C)c1. The summed E-state index contributed by atoms with van der Waals surface area (Å²) in [7, 11) is 0. The highest BCUT2D eigenvalue weighted by atomic mass is 16.5. The molecule has 104 valence electrons. The van der Waals surface area contributed by atoms with Gasteiger partial charge in [0.25, 0.3) is 0 Å². The summed E-state index contributed by atoms with van der Waals surface area (Å²) in [5.74, 6) is -0.0783. The third-order valence-electron chi connectivity index (χ3n) is 3.39. The van der Waals surface area contributed by atoms with Crippen molar-refractivity contribution in [2.24, 2.45) is 0 Å². The molecule has 0 atom stereocenters. The van der Waals surface area contributed by atoms with E-state index in [1.807, 2.05) is 26.0 Å². The van der Waals surface area contributed by atoms with Gasteiger partial charge in [0.15, 0.2) is 0 Å². The molecule has 0 radical (unpaired) electrons. The minimum atomic E-state index is -0.0783. The Hall–Kier alpha value is -1.39. The number of anilines is 1. The van der Waals surface area contributed by atoms with Gasteiger partial charge in [-0.05, 0) is 51.4 Å². The predicted molar refractivity (Wildman–Crippen MR) is 76.4 cm³/mol. The van der Waals surface area contributed by atoms with E-state index in [1.54, 1.807) is 0 Å². The average molecular weight is 262 g/mol.